The van der Waals surface area contributed by atoms with Crippen molar-refractivity contribution in [2.45, 2.75) is 32.7 Å². The molecule has 1 saturated heterocycles. The van der Waals surface area contributed by atoms with Gasteiger partial charge in [-0.15, -0.1) is 0 Å². The van der Waals surface area contributed by atoms with Crippen LogP contribution in [-0.2, 0) is 4.74 Å². The minimum atomic E-state index is -0.483. The highest BCUT2D eigenvalue weighted by molar-refractivity contribution is 5.99. The van der Waals surface area contributed by atoms with E-state index >= 15 is 0 Å². The summed E-state index contributed by atoms with van der Waals surface area (Å²) >= 11 is 0. The maximum atomic E-state index is 13.7. The standard InChI is InChI=1S/C28H32N2O5/c1-3-15-34-21-8-6-20(7-9-21)25-24-26(31)22-18-19(2)5-10-23(22)35-27(24)28(32)30(25)12-4-11-29-13-16-33-17-14-29/h5-10,18,25H,3-4,11-17H2,1-2H3. The van der Waals surface area contributed by atoms with Gasteiger partial charge in [0.05, 0.1) is 36.8 Å². The van der Waals surface area contributed by atoms with Crippen molar-refractivity contribution >= 4 is 16.9 Å². The van der Waals surface area contributed by atoms with Crippen molar-refractivity contribution < 1.29 is 18.7 Å². The number of morpholine rings is 1. The van der Waals surface area contributed by atoms with Crippen LogP contribution >= 0.6 is 0 Å². The van der Waals surface area contributed by atoms with Gasteiger partial charge in [-0.05, 0) is 49.6 Å². The van der Waals surface area contributed by atoms with Crippen LogP contribution in [0.2, 0.25) is 0 Å². The van der Waals surface area contributed by atoms with Gasteiger partial charge in [0.1, 0.15) is 11.3 Å². The predicted octanol–water partition coefficient (Wildman–Crippen LogP) is 4.16. The number of rotatable bonds is 8. The van der Waals surface area contributed by atoms with Gasteiger partial charge in [-0.25, -0.2) is 0 Å². The van der Waals surface area contributed by atoms with Crippen molar-refractivity contribution in [3.05, 3.63) is 75.1 Å². The quantitative estimate of drug-likeness (QED) is 0.486. The Bertz CT molecular complexity index is 1260. The van der Waals surface area contributed by atoms with E-state index in [4.69, 9.17) is 13.9 Å². The third-order valence-electron chi connectivity index (χ3n) is 6.77. The lowest BCUT2D eigenvalue weighted by Crippen LogP contribution is -2.38. The molecule has 0 N–H and O–H groups in total. The van der Waals surface area contributed by atoms with Crippen molar-refractivity contribution in [1.82, 2.24) is 9.80 Å². The number of carbonyl (C=O) groups is 1. The number of aryl methyl sites for hydroxylation is 1. The Balaban J connectivity index is 1.50. The molecule has 1 aromatic heterocycles. The molecular formula is C28H32N2O5. The number of carbonyl (C=O) groups excluding carboxylic acids is 1. The van der Waals surface area contributed by atoms with Crippen LogP contribution in [0, 0.1) is 6.92 Å². The van der Waals surface area contributed by atoms with Gasteiger partial charge in [0.15, 0.2) is 5.43 Å². The molecule has 7 heteroatoms. The van der Waals surface area contributed by atoms with Crippen LogP contribution in [0.1, 0.15) is 53.1 Å². The van der Waals surface area contributed by atoms with Crippen LogP contribution in [-0.4, -0.2) is 61.7 Å². The van der Waals surface area contributed by atoms with E-state index in [9.17, 15) is 9.59 Å². The molecule has 2 aromatic carbocycles. The van der Waals surface area contributed by atoms with E-state index in [1.807, 2.05) is 43.3 Å². The Morgan fingerprint density at radius 2 is 1.80 bits per heavy atom. The lowest BCUT2D eigenvalue weighted by Gasteiger charge is -2.29. The van der Waals surface area contributed by atoms with Gasteiger partial charge in [-0.3, -0.25) is 14.5 Å². The summed E-state index contributed by atoms with van der Waals surface area (Å²) < 4.78 is 17.2. The average Bonchev–Trinajstić information content (AvgIpc) is 3.16. The topological polar surface area (TPSA) is 72.2 Å². The zero-order valence-electron chi connectivity index (χ0n) is 20.4. The number of fused-ring (bicyclic) bond motifs is 2. The van der Waals surface area contributed by atoms with E-state index in [1.54, 1.807) is 11.0 Å². The fourth-order valence-electron chi connectivity index (χ4n) is 4.97. The van der Waals surface area contributed by atoms with Crippen molar-refractivity contribution in [3.63, 3.8) is 0 Å². The molecule has 35 heavy (non-hydrogen) atoms. The number of benzene rings is 2. The summed E-state index contributed by atoms with van der Waals surface area (Å²) in [6, 6.07) is 12.7. The van der Waals surface area contributed by atoms with E-state index in [-0.39, 0.29) is 17.1 Å². The summed E-state index contributed by atoms with van der Waals surface area (Å²) in [5, 5.41) is 0.514. The molecule has 1 fully saturated rings. The smallest absolute Gasteiger partial charge is 0.290 e. The molecule has 3 aromatic rings. The molecule has 3 heterocycles. The minimum absolute atomic E-state index is 0.134. The molecule has 0 radical (unpaired) electrons. The Kier molecular flexibility index (Phi) is 6.88. The number of nitrogens with zero attached hydrogens (tertiary/aromatic N) is 2. The van der Waals surface area contributed by atoms with Gasteiger partial charge in [-0.2, -0.15) is 0 Å². The van der Waals surface area contributed by atoms with E-state index in [0.29, 0.717) is 29.7 Å². The highest BCUT2D eigenvalue weighted by Gasteiger charge is 2.42. The number of ether oxygens (including phenoxy) is 2. The molecule has 5 rings (SSSR count). The number of hydrogen-bond acceptors (Lipinski definition) is 6. The first-order valence-corrected chi connectivity index (χ1v) is 12.5. The third-order valence-corrected chi connectivity index (χ3v) is 6.77. The first-order valence-electron chi connectivity index (χ1n) is 12.5. The fourth-order valence-corrected chi connectivity index (χ4v) is 4.97. The Hall–Kier alpha value is -3.16. The summed E-state index contributed by atoms with van der Waals surface area (Å²) in [6.07, 6.45) is 1.73. The third kappa shape index (κ3) is 4.70. The van der Waals surface area contributed by atoms with E-state index in [1.165, 1.54) is 0 Å². The maximum Gasteiger partial charge on any atom is 0.290 e. The number of hydrogen-bond donors (Lipinski definition) is 0. The van der Waals surface area contributed by atoms with E-state index in [2.05, 4.69) is 11.8 Å². The Morgan fingerprint density at radius 3 is 2.54 bits per heavy atom. The van der Waals surface area contributed by atoms with Gasteiger partial charge in [0, 0.05) is 26.2 Å². The maximum absolute atomic E-state index is 13.7. The Morgan fingerprint density at radius 1 is 1.03 bits per heavy atom. The van der Waals surface area contributed by atoms with Crippen LogP contribution in [0.25, 0.3) is 11.0 Å². The molecule has 184 valence electrons. The lowest BCUT2D eigenvalue weighted by atomic mass is 9.98. The van der Waals surface area contributed by atoms with Crippen molar-refractivity contribution in [2.75, 3.05) is 46.0 Å². The second-order valence-corrected chi connectivity index (χ2v) is 9.30. The first kappa shape index (κ1) is 23.6. The zero-order valence-corrected chi connectivity index (χ0v) is 20.4. The second kappa shape index (κ2) is 10.2. The molecule has 0 saturated carbocycles. The van der Waals surface area contributed by atoms with E-state index in [0.717, 1.165) is 62.6 Å². The van der Waals surface area contributed by atoms with Crippen LogP contribution in [0.3, 0.4) is 0 Å². The van der Waals surface area contributed by atoms with Crippen molar-refractivity contribution in [2.24, 2.45) is 0 Å². The average molecular weight is 477 g/mol. The van der Waals surface area contributed by atoms with Crippen LogP contribution in [0.15, 0.2) is 51.7 Å². The van der Waals surface area contributed by atoms with Gasteiger partial charge < -0.3 is 18.8 Å². The van der Waals surface area contributed by atoms with Gasteiger partial charge in [0.2, 0.25) is 5.76 Å². The predicted molar refractivity (Wildman–Crippen MR) is 134 cm³/mol. The summed E-state index contributed by atoms with van der Waals surface area (Å²) in [6.45, 7) is 9.37. The summed E-state index contributed by atoms with van der Waals surface area (Å²) in [5.41, 5.74) is 2.61. The van der Waals surface area contributed by atoms with Gasteiger partial charge in [0.25, 0.3) is 5.91 Å². The number of amides is 1. The summed E-state index contributed by atoms with van der Waals surface area (Å²) in [4.78, 5) is 31.4. The first-order chi connectivity index (χ1) is 17.1. The lowest BCUT2D eigenvalue weighted by molar-refractivity contribution is 0.0353. The van der Waals surface area contributed by atoms with E-state index < -0.39 is 6.04 Å². The van der Waals surface area contributed by atoms with Crippen molar-refractivity contribution in [3.8, 4) is 5.75 Å². The minimum Gasteiger partial charge on any atom is -0.494 e. The summed E-state index contributed by atoms with van der Waals surface area (Å²) in [5.74, 6) is 0.715. The van der Waals surface area contributed by atoms with Crippen LogP contribution in [0.4, 0.5) is 0 Å². The summed E-state index contributed by atoms with van der Waals surface area (Å²) in [7, 11) is 0. The molecule has 0 bridgehead atoms. The Labute approximate surface area is 205 Å². The fraction of sp³-hybridized carbons (Fsp3) is 0.429. The molecular weight excluding hydrogens is 444 g/mol. The van der Waals surface area contributed by atoms with Gasteiger partial charge >= 0.3 is 0 Å². The second-order valence-electron chi connectivity index (χ2n) is 9.30. The monoisotopic (exact) mass is 476 g/mol. The van der Waals surface area contributed by atoms with Crippen LogP contribution < -0.4 is 10.2 Å². The molecule has 1 unspecified atom stereocenters. The normalized spacial score (nSPS) is 18.3. The molecule has 1 atom stereocenters. The molecule has 0 spiro atoms. The highest BCUT2D eigenvalue weighted by atomic mass is 16.5. The zero-order chi connectivity index (χ0) is 24.4. The molecule has 2 aliphatic rings. The largest absolute Gasteiger partial charge is 0.494 e. The van der Waals surface area contributed by atoms with Crippen LogP contribution in [0.5, 0.6) is 5.75 Å². The highest BCUT2D eigenvalue weighted by Crippen LogP contribution is 2.38. The molecule has 0 aliphatic carbocycles. The molecule has 1 amide bonds. The van der Waals surface area contributed by atoms with Crippen molar-refractivity contribution in [1.29, 1.82) is 0 Å². The SMILES string of the molecule is CCCOc1ccc(C2c3c(oc4ccc(C)cc4c3=O)C(=O)N2CCCN2CCOCC2)cc1. The molecule has 7 nitrogen and oxygen atoms in total. The molecule has 2 aliphatic heterocycles. The van der Waals surface area contributed by atoms with Gasteiger partial charge in [-0.1, -0.05) is 30.7 Å².